The smallest absolute Gasteiger partial charge is 0.159 e. The van der Waals surface area contributed by atoms with Crippen molar-refractivity contribution in [3.05, 3.63) is 164 Å². The molecule has 47 heavy (non-hydrogen) atoms. The molecule has 0 amide bonds. The van der Waals surface area contributed by atoms with Crippen LogP contribution in [0.15, 0.2) is 168 Å². The number of hydrogen-bond acceptors (Lipinski definition) is 3. The minimum Gasteiger partial charge on any atom is -0.454 e. The minimum atomic E-state index is 0.888. The maximum Gasteiger partial charge on any atom is 0.159 e. The highest BCUT2D eigenvalue weighted by Gasteiger charge is 2.22. The van der Waals surface area contributed by atoms with Crippen LogP contribution in [0.4, 0.5) is 17.1 Å². The average Bonchev–Trinajstić information content (AvgIpc) is 3.71. The number of benzene rings is 8. The Hall–Kier alpha value is -5.90. The number of rotatable bonds is 4. The van der Waals surface area contributed by atoms with Crippen LogP contribution < -0.4 is 4.90 Å². The van der Waals surface area contributed by atoms with Gasteiger partial charge in [-0.25, -0.2) is 0 Å². The van der Waals surface area contributed by atoms with Gasteiger partial charge in [0.05, 0.1) is 5.69 Å². The molecule has 8 aromatic carbocycles. The number of thiophene rings is 1. The first-order valence-electron chi connectivity index (χ1n) is 15.9. The van der Waals surface area contributed by atoms with E-state index in [9.17, 15) is 0 Å². The average molecular weight is 618 g/mol. The normalized spacial score (nSPS) is 11.8. The van der Waals surface area contributed by atoms with Crippen LogP contribution in [0.2, 0.25) is 0 Å². The molecule has 0 spiro atoms. The number of para-hydroxylation sites is 2. The minimum absolute atomic E-state index is 0.888. The van der Waals surface area contributed by atoms with Gasteiger partial charge in [0.25, 0.3) is 0 Å². The summed E-state index contributed by atoms with van der Waals surface area (Å²) in [6.45, 7) is 0. The Bertz CT molecular complexity index is 2790. The van der Waals surface area contributed by atoms with Gasteiger partial charge in [0, 0.05) is 42.3 Å². The molecule has 2 aromatic heterocycles. The summed E-state index contributed by atoms with van der Waals surface area (Å²) in [5, 5.41) is 10.00. The zero-order valence-electron chi connectivity index (χ0n) is 25.4. The Morgan fingerprint density at radius 1 is 0.447 bits per heavy atom. The quantitative estimate of drug-likeness (QED) is 0.195. The zero-order chi connectivity index (χ0) is 30.9. The van der Waals surface area contributed by atoms with Gasteiger partial charge in [-0.15, -0.1) is 11.3 Å². The maximum absolute atomic E-state index is 6.81. The van der Waals surface area contributed by atoms with Crippen LogP contribution in [0.1, 0.15) is 0 Å². The molecule has 3 heteroatoms. The molecular weight excluding hydrogens is 591 g/mol. The number of fused-ring (bicyclic) bond motifs is 10. The van der Waals surface area contributed by atoms with Crippen LogP contribution in [-0.4, -0.2) is 0 Å². The fourth-order valence-corrected chi connectivity index (χ4v) is 8.59. The van der Waals surface area contributed by atoms with E-state index in [1.165, 1.54) is 58.2 Å². The topological polar surface area (TPSA) is 16.4 Å². The number of anilines is 3. The van der Waals surface area contributed by atoms with E-state index in [1.54, 1.807) is 0 Å². The molecule has 220 valence electrons. The van der Waals surface area contributed by atoms with Gasteiger partial charge in [-0.2, -0.15) is 0 Å². The summed E-state index contributed by atoms with van der Waals surface area (Å²) >= 11 is 1.86. The number of hydrogen-bond donors (Lipinski definition) is 0. The molecule has 0 unspecified atom stereocenters. The van der Waals surface area contributed by atoms with Crippen molar-refractivity contribution >= 4 is 92.1 Å². The number of nitrogens with zero attached hydrogens (tertiary/aromatic N) is 1. The van der Waals surface area contributed by atoms with Crippen molar-refractivity contribution in [3.63, 3.8) is 0 Å². The molecule has 0 fully saturated rings. The molecule has 0 radical (unpaired) electrons. The van der Waals surface area contributed by atoms with Gasteiger partial charge >= 0.3 is 0 Å². The Morgan fingerprint density at radius 2 is 1.13 bits per heavy atom. The van der Waals surface area contributed by atoms with Crippen LogP contribution in [0, 0.1) is 0 Å². The SMILES string of the molecule is c1ccc(N(c2ccc(-c3cccc4ccccc34)cc2)c2cccc3c2oc2ccc4c(sc5ccc6ccccc6c54)c23)cc1. The van der Waals surface area contributed by atoms with Crippen LogP contribution in [0.25, 0.3) is 74.8 Å². The van der Waals surface area contributed by atoms with E-state index < -0.39 is 0 Å². The molecule has 0 saturated carbocycles. The highest BCUT2D eigenvalue weighted by molar-refractivity contribution is 7.27. The van der Waals surface area contributed by atoms with Gasteiger partial charge in [-0.1, -0.05) is 115 Å². The zero-order valence-corrected chi connectivity index (χ0v) is 26.2. The van der Waals surface area contributed by atoms with Crippen molar-refractivity contribution < 1.29 is 4.42 Å². The largest absolute Gasteiger partial charge is 0.454 e. The van der Waals surface area contributed by atoms with Crippen LogP contribution in [0.3, 0.4) is 0 Å². The second kappa shape index (κ2) is 10.3. The summed E-state index contributed by atoms with van der Waals surface area (Å²) in [6.07, 6.45) is 0. The molecule has 10 aromatic rings. The van der Waals surface area contributed by atoms with E-state index in [0.717, 1.165) is 33.6 Å². The summed E-state index contributed by atoms with van der Waals surface area (Å²) in [4.78, 5) is 2.31. The van der Waals surface area contributed by atoms with Gasteiger partial charge < -0.3 is 9.32 Å². The third-order valence-electron chi connectivity index (χ3n) is 9.45. The Balaban J connectivity index is 1.18. The second-order valence-electron chi connectivity index (χ2n) is 12.1. The van der Waals surface area contributed by atoms with Crippen molar-refractivity contribution in [1.82, 2.24) is 0 Å². The summed E-state index contributed by atoms with van der Waals surface area (Å²) in [5.74, 6) is 0. The van der Waals surface area contributed by atoms with Crippen LogP contribution in [-0.2, 0) is 0 Å². The Morgan fingerprint density at radius 3 is 1.98 bits per heavy atom. The predicted octanol–water partition coefficient (Wildman–Crippen LogP) is 13.4. The molecular formula is C44H27NOS. The second-order valence-corrected chi connectivity index (χ2v) is 13.1. The molecule has 0 aliphatic rings. The molecule has 10 rings (SSSR count). The summed E-state index contributed by atoms with van der Waals surface area (Å²) in [6, 6.07) is 58.7. The third kappa shape index (κ3) is 4.04. The molecule has 2 heterocycles. The molecule has 0 aliphatic heterocycles. The fourth-order valence-electron chi connectivity index (χ4n) is 7.32. The molecule has 0 aliphatic carbocycles. The van der Waals surface area contributed by atoms with E-state index in [0.29, 0.717) is 0 Å². The van der Waals surface area contributed by atoms with E-state index in [-0.39, 0.29) is 0 Å². The number of furan rings is 1. The first kappa shape index (κ1) is 26.3. The summed E-state index contributed by atoms with van der Waals surface area (Å²) in [7, 11) is 0. The van der Waals surface area contributed by atoms with Crippen molar-refractivity contribution in [2.24, 2.45) is 0 Å². The fraction of sp³-hybridized carbons (Fsp3) is 0. The lowest BCUT2D eigenvalue weighted by Gasteiger charge is -2.25. The highest BCUT2D eigenvalue weighted by atomic mass is 32.1. The molecule has 0 atom stereocenters. The van der Waals surface area contributed by atoms with Crippen molar-refractivity contribution in [2.75, 3.05) is 4.90 Å². The predicted molar refractivity (Wildman–Crippen MR) is 202 cm³/mol. The van der Waals surface area contributed by atoms with E-state index in [2.05, 4.69) is 169 Å². The summed E-state index contributed by atoms with van der Waals surface area (Å²) in [5.41, 5.74) is 7.40. The third-order valence-corrected chi connectivity index (χ3v) is 10.6. The van der Waals surface area contributed by atoms with Crippen LogP contribution >= 0.6 is 11.3 Å². The van der Waals surface area contributed by atoms with Crippen molar-refractivity contribution in [3.8, 4) is 11.1 Å². The van der Waals surface area contributed by atoms with E-state index in [1.807, 2.05) is 11.3 Å². The Kier molecular flexibility index (Phi) is 5.78. The molecule has 0 saturated heterocycles. The van der Waals surface area contributed by atoms with Crippen LogP contribution in [0.5, 0.6) is 0 Å². The van der Waals surface area contributed by atoms with Gasteiger partial charge in [0.2, 0.25) is 0 Å². The molecule has 0 bridgehead atoms. The lowest BCUT2D eigenvalue weighted by molar-refractivity contribution is 0.669. The monoisotopic (exact) mass is 617 g/mol. The standard InChI is InChI=1S/C44H27NOS/c1-2-13-31(14-3-1)45(32-23-20-30(21-24-32)34-17-8-12-28-10-4-6-15-33(28)34)38-19-9-18-36-42-39(46-43(36)38)26-25-37-41-35-16-7-5-11-29(35)22-27-40(41)47-44(37)42/h1-27H. The van der Waals surface area contributed by atoms with E-state index >= 15 is 0 Å². The molecule has 2 nitrogen and oxygen atoms in total. The Labute approximate surface area is 275 Å². The van der Waals surface area contributed by atoms with Gasteiger partial charge in [0.1, 0.15) is 5.58 Å². The lowest BCUT2D eigenvalue weighted by atomic mass is 9.98. The highest BCUT2D eigenvalue weighted by Crippen LogP contribution is 2.47. The maximum atomic E-state index is 6.81. The first-order chi connectivity index (χ1) is 23.3. The summed E-state index contributed by atoms with van der Waals surface area (Å²) < 4.78 is 9.38. The van der Waals surface area contributed by atoms with E-state index in [4.69, 9.17) is 4.42 Å². The van der Waals surface area contributed by atoms with Crippen molar-refractivity contribution in [1.29, 1.82) is 0 Å². The van der Waals surface area contributed by atoms with Crippen molar-refractivity contribution in [2.45, 2.75) is 0 Å². The van der Waals surface area contributed by atoms with Gasteiger partial charge in [-0.3, -0.25) is 0 Å². The lowest BCUT2D eigenvalue weighted by Crippen LogP contribution is -2.10. The molecule has 0 N–H and O–H groups in total. The van der Waals surface area contributed by atoms with Gasteiger partial charge in [-0.05, 0) is 81.2 Å². The first-order valence-corrected chi connectivity index (χ1v) is 16.7. The van der Waals surface area contributed by atoms with Gasteiger partial charge in [0.15, 0.2) is 5.58 Å².